The Hall–Kier alpha value is -5.64. The Morgan fingerprint density at radius 1 is 0.667 bits per heavy atom. The van der Waals surface area contributed by atoms with Gasteiger partial charge >= 0.3 is 0 Å². The van der Waals surface area contributed by atoms with E-state index in [4.69, 9.17) is 11.6 Å². The summed E-state index contributed by atoms with van der Waals surface area (Å²) < 4.78 is 0. The molecular weight excluding hydrogens is 644 g/mol. The predicted molar refractivity (Wildman–Crippen MR) is 193 cm³/mol. The number of hydrogen-bond acceptors (Lipinski definition) is 5. The minimum absolute atomic E-state index is 0.0373. The molecule has 8 nitrogen and oxygen atoms in total. The molecule has 1 unspecified atom stereocenters. The van der Waals surface area contributed by atoms with Gasteiger partial charge in [-0.2, -0.15) is 0 Å². The van der Waals surface area contributed by atoms with Crippen molar-refractivity contribution in [1.82, 2.24) is 5.32 Å². The molecule has 5 aromatic rings. The molecule has 1 atom stereocenters. The van der Waals surface area contributed by atoms with E-state index in [1.165, 1.54) is 18.7 Å². The van der Waals surface area contributed by atoms with Crippen LogP contribution in [0.25, 0.3) is 6.08 Å². The minimum Gasteiger partial charge on any atom is -0.326 e. The third kappa shape index (κ3) is 9.68. The Balaban J connectivity index is 1.35. The lowest BCUT2D eigenvalue weighted by molar-refractivity contribution is -0.116. The number of halogens is 1. The first-order valence-corrected chi connectivity index (χ1v) is 16.1. The summed E-state index contributed by atoms with van der Waals surface area (Å²) in [6.45, 7) is 1.43. The highest BCUT2D eigenvalue weighted by Gasteiger charge is 2.23. The SMILES string of the molecule is CC(=O)Nc1ccc(NC(=O)C(Sc2cccc(NC(=O)/C(=C/c3ccc(Cl)cc3)NC(=O)c3ccccc3)c2)c2ccccc2)cc1. The van der Waals surface area contributed by atoms with Crippen LogP contribution in [-0.4, -0.2) is 23.6 Å². The number of carbonyl (C=O) groups excluding carboxylic acids is 4. The van der Waals surface area contributed by atoms with Crippen molar-refractivity contribution in [3.05, 3.63) is 161 Å². The van der Waals surface area contributed by atoms with Crippen LogP contribution in [0.3, 0.4) is 0 Å². The van der Waals surface area contributed by atoms with Gasteiger partial charge in [-0.05, 0) is 83.9 Å². The first-order chi connectivity index (χ1) is 23.2. The van der Waals surface area contributed by atoms with Crippen molar-refractivity contribution in [3.8, 4) is 0 Å². The highest BCUT2D eigenvalue weighted by molar-refractivity contribution is 8.00. The summed E-state index contributed by atoms with van der Waals surface area (Å²) in [5, 5.41) is 11.2. The summed E-state index contributed by atoms with van der Waals surface area (Å²) in [6.07, 6.45) is 1.57. The smallest absolute Gasteiger partial charge is 0.272 e. The fourth-order valence-electron chi connectivity index (χ4n) is 4.60. The van der Waals surface area contributed by atoms with E-state index in [2.05, 4.69) is 21.3 Å². The fraction of sp³-hybridized carbons (Fsp3) is 0.0526. The van der Waals surface area contributed by atoms with E-state index in [0.29, 0.717) is 33.2 Å². The molecule has 0 saturated heterocycles. The Labute approximate surface area is 287 Å². The molecule has 5 rings (SSSR count). The van der Waals surface area contributed by atoms with Crippen LogP contribution in [0, 0.1) is 0 Å². The van der Waals surface area contributed by atoms with Gasteiger partial charge in [0.2, 0.25) is 11.8 Å². The predicted octanol–water partition coefficient (Wildman–Crippen LogP) is 8.18. The Kier molecular flexibility index (Phi) is 11.4. The van der Waals surface area contributed by atoms with Crippen LogP contribution in [0.4, 0.5) is 17.1 Å². The Bertz CT molecular complexity index is 1930. The maximum Gasteiger partial charge on any atom is 0.272 e. The van der Waals surface area contributed by atoms with Gasteiger partial charge in [0.25, 0.3) is 11.8 Å². The van der Waals surface area contributed by atoms with Crippen molar-refractivity contribution < 1.29 is 19.2 Å². The first kappa shape index (κ1) is 33.7. The monoisotopic (exact) mass is 674 g/mol. The minimum atomic E-state index is -0.627. The zero-order chi connectivity index (χ0) is 33.9. The number of nitrogens with one attached hydrogen (secondary N) is 4. The molecule has 48 heavy (non-hydrogen) atoms. The third-order valence-corrected chi connectivity index (χ3v) is 8.37. The van der Waals surface area contributed by atoms with E-state index >= 15 is 0 Å². The van der Waals surface area contributed by atoms with Crippen LogP contribution in [0.15, 0.2) is 144 Å². The summed E-state index contributed by atoms with van der Waals surface area (Å²) in [5.74, 6) is -1.39. The van der Waals surface area contributed by atoms with E-state index in [1.807, 2.05) is 36.4 Å². The van der Waals surface area contributed by atoms with Crippen molar-refractivity contribution in [2.24, 2.45) is 0 Å². The molecule has 4 N–H and O–H groups in total. The van der Waals surface area contributed by atoms with Crippen LogP contribution in [0.5, 0.6) is 0 Å². The molecule has 0 aliphatic carbocycles. The molecule has 0 bridgehead atoms. The summed E-state index contributed by atoms with van der Waals surface area (Å²) in [4.78, 5) is 52.3. The van der Waals surface area contributed by atoms with Gasteiger partial charge in [-0.1, -0.05) is 78.3 Å². The van der Waals surface area contributed by atoms with Crippen LogP contribution >= 0.6 is 23.4 Å². The van der Waals surface area contributed by atoms with Crippen LogP contribution in [-0.2, 0) is 14.4 Å². The van der Waals surface area contributed by atoms with E-state index in [1.54, 1.807) is 103 Å². The average Bonchev–Trinajstić information content (AvgIpc) is 3.09. The lowest BCUT2D eigenvalue weighted by Gasteiger charge is -2.18. The van der Waals surface area contributed by atoms with Crippen molar-refractivity contribution in [2.45, 2.75) is 17.1 Å². The van der Waals surface area contributed by atoms with Gasteiger partial charge in [-0.3, -0.25) is 19.2 Å². The third-order valence-electron chi connectivity index (χ3n) is 6.87. The maximum absolute atomic E-state index is 13.6. The fourth-order valence-corrected chi connectivity index (χ4v) is 5.81. The second-order valence-electron chi connectivity index (χ2n) is 10.6. The molecule has 0 aliphatic heterocycles. The number of carbonyl (C=O) groups is 4. The van der Waals surface area contributed by atoms with Gasteiger partial charge in [0.15, 0.2) is 0 Å². The van der Waals surface area contributed by atoms with Gasteiger partial charge in [0.05, 0.1) is 0 Å². The van der Waals surface area contributed by atoms with Crippen LogP contribution in [0.2, 0.25) is 5.02 Å². The van der Waals surface area contributed by atoms with Crippen molar-refractivity contribution in [3.63, 3.8) is 0 Å². The molecule has 0 heterocycles. The molecule has 5 aromatic carbocycles. The molecule has 0 saturated carbocycles. The van der Waals surface area contributed by atoms with Crippen LogP contribution < -0.4 is 21.3 Å². The van der Waals surface area contributed by atoms with Gasteiger partial charge in [0, 0.05) is 39.5 Å². The van der Waals surface area contributed by atoms with E-state index < -0.39 is 17.1 Å². The summed E-state index contributed by atoms with van der Waals surface area (Å²) >= 11 is 7.37. The second kappa shape index (κ2) is 16.3. The Morgan fingerprint density at radius 3 is 1.94 bits per heavy atom. The number of thioether (sulfide) groups is 1. The van der Waals surface area contributed by atoms with Crippen molar-refractivity contribution in [2.75, 3.05) is 16.0 Å². The van der Waals surface area contributed by atoms with E-state index in [-0.39, 0.29) is 17.5 Å². The topological polar surface area (TPSA) is 116 Å². The van der Waals surface area contributed by atoms with Crippen molar-refractivity contribution >= 4 is 70.1 Å². The summed E-state index contributed by atoms with van der Waals surface area (Å²) in [5.41, 5.74) is 3.58. The zero-order valence-electron chi connectivity index (χ0n) is 25.8. The first-order valence-electron chi connectivity index (χ1n) is 14.9. The number of rotatable bonds is 11. The van der Waals surface area contributed by atoms with E-state index in [0.717, 1.165) is 10.5 Å². The number of amides is 4. The summed E-state index contributed by atoms with van der Waals surface area (Å²) in [7, 11) is 0. The molecule has 0 fully saturated rings. The molecular formula is C38H31ClN4O4S. The molecule has 0 aromatic heterocycles. The van der Waals surface area contributed by atoms with Gasteiger partial charge in [-0.15, -0.1) is 11.8 Å². The largest absolute Gasteiger partial charge is 0.326 e. The summed E-state index contributed by atoms with van der Waals surface area (Å²) in [6, 6.07) is 38.9. The average molecular weight is 675 g/mol. The normalized spacial score (nSPS) is 11.6. The molecule has 10 heteroatoms. The van der Waals surface area contributed by atoms with E-state index in [9.17, 15) is 19.2 Å². The number of anilines is 3. The zero-order valence-corrected chi connectivity index (χ0v) is 27.3. The van der Waals surface area contributed by atoms with Gasteiger partial charge < -0.3 is 21.3 Å². The standard InChI is InChI=1S/C38H31ClN4O4S/c1-25(44)40-30-19-21-31(22-20-30)41-38(47)35(27-9-4-2-5-10-27)48-33-14-8-13-32(24-33)42-37(46)34(23-26-15-17-29(39)18-16-26)43-36(45)28-11-6-3-7-12-28/h2-24,35H,1H3,(H,40,44)(H,41,47)(H,42,46)(H,43,45)/b34-23-. The second-order valence-corrected chi connectivity index (χ2v) is 12.2. The number of benzene rings is 5. The van der Waals surface area contributed by atoms with Gasteiger partial charge in [-0.25, -0.2) is 0 Å². The maximum atomic E-state index is 13.6. The molecule has 0 radical (unpaired) electrons. The Morgan fingerprint density at radius 2 is 1.29 bits per heavy atom. The quantitative estimate of drug-likeness (QED) is 0.0833. The van der Waals surface area contributed by atoms with Gasteiger partial charge in [0.1, 0.15) is 10.9 Å². The molecule has 240 valence electrons. The van der Waals surface area contributed by atoms with Crippen molar-refractivity contribution in [1.29, 1.82) is 0 Å². The lowest BCUT2D eigenvalue weighted by atomic mass is 10.1. The molecule has 0 aliphatic rings. The number of hydrogen-bond donors (Lipinski definition) is 4. The highest BCUT2D eigenvalue weighted by atomic mass is 35.5. The lowest BCUT2D eigenvalue weighted by Crippen LogP contribution is -2.30. The molecule has 0 spiro atoms. The molecule has 4 amide bonds. The highest BCUT2D eigenvalue weighted by Crippen LogP contribution is 2.37. The van der Waals surface area contributed by atoms with Crippen LogP contribution in [0.1, 0.15) is 33.7 Å².